The third kappa shape index (κ3) is 4.10. The van der Waals surface area contributed by atoms with Crippen LogP contribution in [0.5, 0.6) is 0 Å². The normalized spacial score (nSPS) is 14.3. The number of sulfonamides is 1. The van der Waals surface area contributed by atoms with Gasteiger partial charge >= 0.3 is 0 Å². The summed E-state index contributed by atoms with van der Waals surface area (Å²) in [6.07, 6.45) is 4.98. The van der Waals surface area contributed by atoms with Crippen molar-refractivity contribution in [2.45, 2.75) is 19.4 Å². The molecule has 1 heterocycles. The first-order valence-electron chi connectivity index (χ1n) is 3.96. The highest BCUT2D eigenvalue weighted by atomic mass is 32.2. The van der Waals surface area contributed by atoms with Gasteiger partial charge in [-0.3, -0.25) is 0 Å². The van der Waals surface area contributed by atoms with Crippen LogP contribution >= 0.6 is 0 Å². The van der Waals surface area contributed by atoms with E-state index in [2.05, 4.69) is 4.72 Å². The van der Waals surface area contributed by atoms with Crippen LogP contribution in [0.15, 0.2) is 23.0 Å². The predicted molar refractivity (Wildman–Crippen MR) is 49.9 cm³/mol. The van der Waals surface area contributed by atoms with Gasteiger partial charge in [0.15, 0.2) is 0 Å². The van der Waals surface area contributed by atoms with Crippen LogP contribution in [-0.4, -0.2) is 20.7 Å². The fraction of sp³-hybridized carbons (Fsp3) is 0.500. The Kier molecular flexibility index (Phi) is 3.11. The lowest BCUT2D eigenvalue weighted by Gasteiger charge is -2.09. The third-order valence-electron chi connectivity index (χ3n) is 1.54. The molecule has 5 heteroatoms. The molecule has 4 nitrogen and oxygen atoms in total. The molecule has 1 rings (SSSR count). The van der Waals surface area contributed by atoms with Crippen LogP contribution in [0.3, 0.4) is 0 Å². The molecule has 0 bridgehead atoms. The molecule has 0 spiro atoms. The zero-order valence-corrected chi connectivity index (χ0v) is 8.47. The van der Waals surface area contributed by atoms with Gasteiger partial charge in [0.05, 0.1) is 18.8 Å². The maximum atomic E-state index is 10.8. The van der Waals surface area contributed by atoms with Crippen LogP contribution in [-0.2, 0) is 16.4 Å². The van der Waals surface area contributed by atoms with E-state index in [4.69, 9.17) is 4.42 Å². The summed E-state index contributed by atoms with van der Waals surface area (Å²) >= 11 is 0. The Bertz CT molecular complexity index is 341. The minimum atomic E-state index is -3.11. The molecule has 0 aromatic carbocycles. The molecule has 1 aromatic rings. The molecule has 1 aromatic heterocycles. The lowest BCUT2D eigenvalue weighted by molar-refractivity contribution is 0.552. The first kappa shape index (κ1) is 10.3. The summed E-state index contributed by atoms with van der Waals surface area (Å²) in [7, 11) is -3.11. The van der Waals surface area contributed by atoms with Crippen LogP contribution in [0.1, 0.15) is 12.5 Å². The quantitative estimate of drug-likeness (QED) is 0.786. The van der Waals surface area contributed by atoms with Crippen molar-refractivity contribution in [3.63, 3.8) is 0 Å². The van der Waals surface area contributed by atoms with Crippen LogP contribution in [0, 0.1) is 0 Å². The lowest BCUT2D eigenvalue weighted by atomic mass is 10.1. The Morgan fingerprint density at radius 1 is 1.62 bits per heavy atom. The minimum absolute atomic E-state index is 0.104. The van der Waals surface area contributed by atoms with E-state index < -0.39 is 10.0 Å². The second kappa shape index (κ2) is 3.93. The summed E-state index contributed by atoms with van der Waals surface area (Å²) < 4.78 is 29.0. The van der Waals surface area contributed by atoms with E-state index in [1.807, 2.05) is 13.0 Å². The zero-order valence-electron chi connectivity index (χ0n) is 7.65. The molecule has 0 saturated carbocycles. The SMILES string of the molecule is C[C@@H](Cc1ccoc1)NS(C)(=O)=O. The molecular formula is C8H13NO3S. The number of furan rings is 1. The molecule has 0 aliphatic heterocycles. The molecule has 0 unspecified atom stereocenters. The molecule has 0 saturated heterocycles. The molecular weight excluding hydrogens is 190 g/mol. The second-order valence-corrected chi connectivity index (χ2v) is 4.91. The van der Waals surface area contributed by atoms with E-state index in [9.17, 15) is 8.42 Å². The molecule has 1 N–H and O–H groups in total. The number of nitrogens with one attached hydrogen (secondary N) is 1. The summed E-state index contributed by atoms with van der Waals surface area (Å²) in [5, 5.41) is 0. The van der Waals surface area contributed by atoms with Gasteiger partial charge in [-0.1, -0.05) is 0 Å². The lowest BCUT2D eigenvalue weighted by Crippen LogP contribution is -2.32. The maximum Gasteiger partial charge on any atom is 0.208 e. The highest BCUT2D eigenvalue weighted by Crippen LogP contribution is 2.04. The van der Waals surface area contributed by atoms with Crippen molar-refractivity contribution in [3.8, 4) is 0 Å². The van der Waals surface area contributed by atoms with E-state index in [-0.39, 0.29) is 6.04 Å². The third-order valence-corrected chi connectivity index (χ3v) is 2.37. The highest BCUT2D eigenvalue weighted by molar-refractivity contribution is 7.88. The summed E-state index contributed by atoms with van der Waals surface area (Å²) in [5.74, 6) is 0. The standard InChI is InChI=1S/C8H13NO3S/c1-7(9-13(2,10)11)5-8-3-4-12-6-8/h3-4,6-7,9H,5H2,1-2H3/t7-/m0/s1. The zero-order chi connectivity index (χ0) is 9.90. The second-order valence-electron chi connectivity index (χ2n) is 3.13. The Labute approximate surface area is 78.0 Å². The Balaban J connectivity index is 2.47. The van der Waals surface area contributed by atoms with Crippen molar-refractivity contribution < 1.29 is 12.8 Å². The van der Waals surface area contributed by atoms with Crippen molar-refractivity contribution in [2.75, 3.05) is 6.26 Å². The predicted octanol–water partition coefficient (Wildman–Crippen LogP) is 0.760. The average molecular weight is 203 g/mol. The largest absolute Gasteiger partial charge is 0.472 e. The van der Waals surface area contributed by atoms with Gasteiger partial charge in [-0.25, -0.2) is 13.1 Å². The van der Waals surface area contributed by atoms with Crippen LogP contribution in [0.2, 0.25) is 0 Å². The fourth-order valence-electron chi connectivity index (χ4n) is 1.17. The fourth-order valence-corrected chi connectivity index (χ4v) is 1.98. The van der Waals surface area contributed by atoms with E-state index in [1.54, 1.807) is 12.5 Å². The van der Waals surface area contributed by atoms with Crippen LogP contribution < -0.4 is 4.72 Å². The smallest absolute Gasteiger partial charge is 0.208 e. The van der Waals surface area contributed by atoms with Gasteiger partial charge in [-0.2, -0.15) is 0 Å². The number of hydrogen-bond acceptors (Lipinski definition) is 3. The van der Waals surface area contributed by atoms with Crippen molar-refractivity contribution in [1.82, 2.24) is 4.72 Å². The van der Waals surface area contributed by atoms with Gasteiger partial charge in [0.2, 0.25) is 10.0 Å². The minimum Gasteiger partial charge on any atom is -0.472 e. The molecule has 0 aliphatic carbocycles. The average Bonchev–Trinajstić information content (AvgIpc) is 2.34. The number of hydrogen-bond donors (Lipinski definition) is 1. The van der Waals surface area contributed by atoms with Gasteiger partial charge in [0.25, 0.3) is 0 Å². The molecule has 0 aliphatic rings. The van der Waals surface area contributed by atoms with E-state index in [1.165, 1.54) is 0 Å². The molecule has 0 fully saturated rings. The van der Waals surface area contributed by atoms with Gasteiger partial charge in [-0.15, -0.1) is 0 Å². The monoisotopic (exact) mass is 203 g/mol. The molecule has 74 valence electrons. The van der Waals surface area contributed by atoms with Gasteiger partial charge in [0.1, 0.15) is 0 Å². The first-order chi connectivity index (χ1) is 5.97. The van der Waals surface area contributed by atoms with Crippen LogP contribution in [0.25, 0.3) is 0 Å². The first-order valence-corrected chi connectivity index (χ1v) is 5.85. The number of rotatable bonds is 4. The van der Waals surface area contributed by atoms with E-state index >= 15 is 0 Å². The molecule has 0 radical (unpaired) electrons. The van der Waals surface area contributed by atoms with E-state index in [0.717, 1.165) is 11.8 Å². The topological polar surface area (TPSA) is 59.3 Å². The molecule has 1 atom stereocenters. The van der Waals surface area contributed by atoms with Gasteiger partial charge < -0.3 is 4.42 Å². The summed E-state index contributed by atoms with van der Waals surface area (Å²) in [6.45, 7) is 1.81. The summed E-state index contributed by atoms with van der Waals surface area (Å²) in [4.78, 5) is 0. The van der Waals surface area contributed by atoms with Gasteiger partial charge in [0, 0.05) is 6.04 Å². The molecule has 0 amide bonds. The maximum absolute atomic E-state index is 10.8. The summed E-state index contributed by atoms with van der Waals surface area (Å²) in [5.41, 5.74) is 0.989. The summed E-state index contributed by atoms with van der Waals surface area (Å²) in [6, 6.07) is 1.72. The van der Waals surface area contributed by atoms with Crippen LogP contribution in [0.4, 0.5) is 0 Å². The van der Waals surface area contributed by atoms with Crippen molar-refractivity contribution in [3.05, 3.63) is 24.2 Å². The van der Waals surface area contributed by atoms with Gasteiger partial charge in [-0.05, 0) is 25.0 Å². The Morgan fingerprint density at radius 2 is 2.31 bits per heavy atom. The highest BCUT2D eigenvalue weighted by Gasteiger charge is 2.09. The van der Waals surface area contributed by atoms with E-state index in [0.29, 0.717) is 6.42 Å². The molecule has 13 heavy (non-hydrogen) atoms. The Hall–Kier alpha value is -0.810. The van der Waals surface area contributed by atoms with Crippen molar-refractivity contribution >= 4 is 10.0 Å². The van der Waals surface area contributed by atoms with Crippen molar-refractivity contribution in [2.24, 2.45) is 0 Å². The Morgan fingerprint density at radius 3 is 2.77 bits per heavy atom. The van der Waals surface area contributed by atoms with Crippen molar-refractivity contribution in [1.29, 1.82) is 0 Å².